The number of nitrogens with zero attached hydrogens (tertiary/aromatic N) is 4. The highest BCUT2D eigenvalue weighted by atomic mass is 15.6. The molecule has 3 rings (SSSR count). The van der Waals surface area contributed by atoms with Crippen molar-refractivity contribution in [3.05, 3.63) is 5.82 Å². The first-order valence-corrected chi connectivity index (χ1v) is 6.90. The van der Waals surface area contributed by atoms with Crippen LogP contribution in [0, 0.1) is 16.7 Å². The quantitative estimate of drug-likeness (QED) is 0.887. The van der Waals surface area contributed by atoms with Crippen molar-refractivity contribution in [1.82, 2.24) is 25.5 Å². The normalized spacial score (nSPS) is 37.3. The van der Waals surface area contributed by atoms with Crippen molar-refractivity contribution >= 4 is 0 Å². The van der Waals surface area contributed by atoms with Gasteiger partial charge < -0.3 is 5.32 Å². The summed E-state index contributed by atoms with van der Waals surface area (Å²) in [6.07, 6.45) is 4.00. The molecule has 1 aromatic heterocycles. The maximum atomic E-state index is 4.29. The van der Waals surface area contributed by atoms with Crippen LogP contribution in [0.3, 0.4) is 0 Å². The molecule has 5 heteroatoms. The minimum atomic E-state index is 0.296. The molecule has 1 aromatic rings. The van der Waals surface area contributed by atoms with Gasteiger partial charge in [-0.05, 0) is 53.5 Å². The Hall–Kier alpha value is -0.970. The van der Waals surface area contributed by atoms with E-state index in [1.54, 1.807) is 0 Å². The molecule has 18 heavy (non-hydrogen) atoms. The topological polar surface area (TPSA) is 55.6 Å². The third-order valence-corrected chi connectivity index (χ3v) is 5.33. The molecule has 0 radical (unpaired) electrons. The van der Waals surface area contributed by atoms with Crippen molar-refractivity contribution < 1.29 is 0 Å². The van der Waals surface area contributed by atoms with Crippen LogP contribution >= 0.6 is 0 Å². The van der Waals surface area contributed by atoms with Crippen molar-refractivity contribution in [2.45, 2.75) is 52.6 Å². The zero-order valence-corrected chi connectivity index (χ0v) is 11.8. The summed E-state index contributed by atoms with van der Waals surface area (Å²) in [5.41, 5.74) is 0.664. The molecular formula is C13H23N5. The molecule has 2 fully saturated rings. The van der Waals surface area contributed by atoms with E-state index in [0.29, 0.717) is 16.9 Å². The predicted octanol–water partition coefficient (Wildman–Crippen LogP) is 1.78. The molecule has 2 aliphatic carbocycles. The molecule has 100 valence electrons. The van der Waals surface area contributed by atoms with E-state index >= 15 is 0 Å². The average molecular weight is 249 g/mol. The van der Waals surface area contributed by atoms with Gasteiger partial charge >= 0.3 is 0 Å². The number of hydrogen-bond acceptors (Lipinski definition) is 4. The van der Waals surface area contributed by atoms with Gasteiger partial charge in [0, 0.05) is 0 Å². The summed E-state index contributed by atoms with van der Waals surface area (Å²) in [4.78, 5) is 0. The molecule has 2 aliphatic rings. The number of aromatic nitrogens is 4. The summed E-state index contributed by atoms with van der Waals surface area (Å²) in [6.45, 7) is 7.92. The van der Waals surface area contributed by atoms with Crippen LogP contribution < -0.4 is 5.32 Å². The van der Waals surface area contributed by atoms with Crippen LogP contribution in [0.5, 0.6) is 0 Å². The number of hydrogen-bond donors (Lipinski definition) is 1. The maximum absolute atomic E-state index is 4.29. The van der Waals surface area contributed by atoms with E-state index < -0.39 is 0 Å². The van der Waals surface area contributed by atoms with E-state index in [4.69, 9.17) is 0 Å². The largest absolute Gasteiger partial charge is 0.313 e. The Balaban J connectivity index is 2.02. The van der Waals surface area contributed by atoms with Crippen LogP contribution in [-0.2, 0) is 6.54 Å². The molecule has 0 aromatic carbocycles. The SMILES string of the molecule is CNCc1nnnn1C1C2(C)CCC(C2)C1(C)C. The van der Waals surface area contributed by atoms with Crippen molar-refractivity contribution in [1.29, 1.82) is 0 Å². The third-order valence-electron chi connectivity index (χ3n) is 5.33. The minimum Gasteiger partial charge on any atom is -0.313 e. The lowest BCUT2D eigenvalue weighted by Gasteiger charge is -2.42. The Morgan fingerprint density at radius 3 is 2.78 bits per heavy atom. The number of fused-ring (bicyclic) bond motifs is 2. The van der Waals surface area contributed by atoms with Gasteiger partial charge in [-0.25, -0.2) is 4.68 Å². The first-order valence-electron chi connectivity index (χ1n) is 6.90. The molecular weight excluding hydrogens is 226 g/mol. The van der Waals surface area contributed by atoms with Gasteiger partial charge in [-0.3, -0.25) is 0 Å². The Morgan fingerprint density at radius 1 is 1.39 bits per heavy atom. The minimum absolute atomic E-state index is 0.296. The van der Waals surface area contributed by atoms with Crippen LogP contribution in [-0.4, -0.2) is 27.3 Å². The lowest BCUT2D eigenvalue weighted by atomic mass is 9.68. The summed E-state index contributed by atoms with van der Waals surface area (Å²) in [6, 6.07) is 0.432. The van der Waals surface area contributed by atoms with Crippen molar-refractivity contribution in [3.63, 3.8) is 0 Å². The fourth-order valence-corrected chi connectivity index (χ4v) is 4.57. The number of nitrogens with one attached hydrogen (secondary N) is 1. The van der Waals surface area contributed by atoms with Gasteiger partial charge in [-0.2, -0.15) is 0 Å². The van der Waals surface area contributed by atoms with Gasteiger partial charge in [-0.1, -0.05) is 20.8 Å². The van der Waals surface area contributed by atoms with Crippen molar-refractivity contribution in [3.8, 4) is 0 Å². The fourth-order valence-electron chi connectivity index (χ4n) is 4.57. The molecule has 0 amide bonds. The molecule has 2 saturated carbocycles. The highest BCUT2D eigenvalue weighted by molar-refractivity contribution is 5.11. The van der Waals surface area contributed by atoms with Crippen LogP contribution in [0.2, 0.25) is 0 Å². The summed E-state index contributed by atoms with van der Waals surface area (Å²) < 4.78 is 2.09. The summed E-state index contributed by atoms with van der Waals surface area (Å²) in [5.74, 6) is 1.78. The number of rotatable bonds is 3. The van der Waals surface area contributed by atoms with E-state index in [9.17, 15) is 0 Å². The molecule has 0 saturated heterocycles. The summed E-state index contributed by atoms with van der Waals surface area (Å²) in [7, 11) is 1.94. The highest BCUT2D eigenvalue weighted by Gasteiger charge is 2.61. The summed E-state index contributed by atoms with van der Waals surface area (Å²) >= 11 is 0. The first-order chi connectivity index (χ1) is 8.49. The zero-order chi connectivity index (χ0) is 13.0. The Kier molecular flexibility index (Phi) is 2.52. The molecule has 3 unspecified atom stereocenters. The third kappa shape index (κ3) is 1.46. The second-order valence-corrected chi connectivity index (χ2v) is 6.89. The van der Waals surface area contributed by atoms with Crippen LogP contribution in [0.4, 0.5) is 0 Å². The van der Waals surface area contributed by atoms with Gasteiger partial charge in [0.15, 0.2) is 5.82 Å². The van der Waals surface area contributed by atoms with Crippen molar-refractivity contribution in [2.24, 2.45) is 16.7 Å². The molecule has 3 atom stereocenters. The number of tetrazole rings is 1. The molecule has 2 bridgehead atoms. The lowest BCUT2D eigenvalue weighted by Crippen LogP contribution is -2.39. The van der Waals surface area contributed by atoms with Gasteiger partial charge in [0.2, 0.25) is 0 Å². The van der Waals surface area contributed by atoms with Gasteiger partial charge in [0.1, 0.15) is 0 Å². The first kappa shape index (κ1) is 12.1. The van der Waals surface area contributed by atoms with E-state index in [1.807, 2.05) is 7.05 Å². The zero-order valence-electron chi connectivity index (χ0n) is 11.8. The second-order valence-electron chi connectivity index (χ2n) is 6.89. The monoisotopic (exact) mass is 249 g/mol. The van der Waals surface area contributed by atoms with E-state index in [1.165, 1.54) is 19.3 Å². The average Bonchev–Trinajstić information content (AvgIpc) is 2.91. The van der Waals surface area contributed by atoms with Crippen LogP contribution in [0.15, 0.2) is 0 Å². The molecule has 0 spiro atoms. The van der Waals surface area contributed by atoms with Crippen LogP contribution in [0.1, 0.15) is 51.9 Å². The van der Waals surface area contributed by atoms with E-state index in [2.05, 4.69) is 46.3 Å². The fraction of sp³-hybridized carbons (Fsp3) is 0.923. The lowest BCUT2D eigenvalue weighted by molar-refractivity contribution is 0.0693. The highest BCUT2D eigenvalue weighted by Crippen LogP contribution is 2.67. The molecule has 0 aliphatic heterocycles. The predicted molar refractivity (Wildman–Crippen MR) is 68.8 cm³/mol. The second kappa shape index (κ2) is 3.76. The standard InChI is InChI=1S/C13H23N5/c1-12(2)9-5-6-13(3,7-9)11(12)18-10(8-14-4)15-16-17-18/h9,11,14H,5-8H2,1-4H3. The van der Waals surface area contributed by atoms with E-state index in [0.717, 1.165) is 18.3 Å². The summed E-state index contributed by atoms with van der Waals surface area (Å²) in [5, 5.41) is 15.5. The van der Waals surface area contributed by atoms with Gasteiger partial charge in [0.05, 0.1) is 12.6 Å². The Labute approximate surface area is 108 Å². The van der Waals surface area contributed by atoms with Gasteiger partial charge in [-0.15, -0.1) is 5.10 Å². The molecule has 1 heterocycles. The molecule has 1 N–H and O–H groups in total. The van der Waals surface area contributed by atoms with Crippen molar-refractivity contribution in [2.75, 3.05) is 7.05 Å². The Bertz CT molecular complexity index is 447. The van der Waals surface area contributed by atoms with E-state index in [-0.39, 0.29) is 0 Å². The van der Waals surface area contributed by atoms with Gasteiger partial charge in [0.25, 0.3) is 0 Å². The molecule has 5 nitrogen and oxygen atoms in total. The van der Waals surface area contributed by atoms with Crippen LogP contribution in [0.25, 0.3) is 0 Å². The maximum Gasteiger partial charge on any atom is 0.165 e. The Morgan fingerprint density at radius 2 is 2.17 bits per heavy atom. The smallest absolute Gasteiger partial charge is 0.165 e.